The molecule has 0 saturated heterocycles. The Kier molecular flexibility index (Phi) is 5.41. The number of rotatable bonds is 6. The van der Waals surface area contributed by atoms with Gasteiger partial charge in [0.15, 0.2) is 0 Å². The average molecular weight is 415 g/mol. The van der Waals surface area contributed by atoms with Crippen molar-refractivity contribution in [2.45, 2.75) is 52.4 Å². The molecule has 2 atom stereocenters. The summed E-state index contributed by atoms with van der Waals surface area (Å²) in [6, 6.07) is 17.4. The van der Waals surface area contributed by atoms with E-state index in [1.807, 2.05) is 18.5 Å². The molecule has 4 heteroatoms. The topological polar surface area (TPSA) is 34.6 Å². The minimum absolute atomic E-state index is 0.0109. The zero-order valence-corrected chi connectivity index (χ0v) is 18.5. The number of ether oxygens (including phenoxy) is 2. The minimum Gasteiger partial charge on any atom is -0.492 e. The number of hydrogen-bond acceptors (Lipinski definition) is 4. The fraction of sp³-hybridized carbons (Fsp3) is 0.370. The van der Waals surface area contributed by atoms with E-state index in [-0.39, 0.29) is 6.10 Å². The summed E-state index contributed by atoms with van der Waals surface area (Å²) in [5.41, 5.74) is 6.33. The highest BCUT2D eigenvalue weighted by atomic mass is 16.5. The molecule has 0 bridgehead atoms. The number of nitrogens with zero attached hydrogens (tertiary/aromatic N) is 2. The van der Waals surface area contributed by atoms with Crippen molar-refractivity contribution in [1.82, 2.24) is 9.88 Å². The maximum absolute atomic E-state index is 6.34. The second kappa shape index (κ2) is 8.35. The van der Waals surface area contributed by atoms with Crippen LogP contribution in [-0.4, -0.2) is 22.5 Å². The van der Waals surface area contributed by atoms with Crippen molar-refractivity contribution < 1.29 is 9.47 Å². The van der Waals surface area contributed by atoms with Gasteiger partial charge >= 0.3 is 0 Å². The summed E-state index contributed by atoms with van der Waals surface area (Å²) >= 11 is 0. The third-order valence-electron chi connectivity index (χ3n) is 6.40. The molecule has 0 saturated carbocycles. The molecule has 160 valence electrons. The molecular weight excluding hydrogens is 384 g/mol. The molecule has 1 unspecified atom stereocenters. The number of aromatic nitrogens is 1. The summed E-state index contributed by atoms with van der Waals surface area (Å²) in [4.78, 5) is 6.82. The van der Waals surface area contributed by atoms with Gasteiger partial charge in [-0.3, -0.25) is 9.88 Å². The van der Waals surface area contributed by atoms with Gasteiger partial charge in [-0.25, -0.2) is 0 Å². The smallest absolute Gasteiger partial charge is 0.131 e. The Morgan fingerprint density at radius 3 is 2.58 bits per heavy atom. The minimum atomic E-state index is -0.0109. The summed E-state index contributed by atoms with van der Waals surface area (Å²) in [6.45, 7) is 9.34. The molecule has 0 N–H and O–H groups in total. The Bertz CT molecular complexity index is 1050. The van der Waals surface area contributed by atoms with E-state index in [0.717, 1.165) is 42.1 Å². The second-order valence-electron chi connectivity index (χ2n) is 9.15. The molecule has 5 rings (SSSR count). The molecule has 0 fully saturated rings. The van der Waals surface area contributed by atoms with E-state index in [9.17, 15) is 0 Å². The third kappa shape index (κ3) is 4.05. The molecular formula is C27H30N2O2. The molecule has 2 aliphatic heterocycles. The lowest BCUT2D eigenvalue weighted by Gasteiger charge is -2.29. The summed E-state index contributed by atoms with van der Waals surface area (Å²) in [6.07, 6.45) is 4.85. The van der Waals surface area contributed by atoms with E-state index in [1.54, 1.807) is 0 Å². The number of benzene rings is 2. The molecule has 1 aromatic heterocycles. The highest BCUT2D eigenvalue weighted by Crippen LogP contribution is 2.43. The van der Waals surface area contributed by atoms with E-state index < -0.39 is 0 Å². The molecule has 31 heavy (non-hydrogen) atoms. The van der Waals surface area contributed by atoms with E-state index in [4.69, 9.17) is 9.47 Å². The Morgan fingerprint density at radius 1 is 1.06 bits per heavy atom. The standard InChI is InChI=1S/C27H30N2O2/c1-18(2)12-22(29-15-20-6-4-5-7-21(20)16-29)17-30-23-8-9-25-24-10-11-28-14-26(24)19(3)31-27(25)13-23/h4-11,13-14,18-19,22H,12,15-17H2,1-3H3/t19?,22-/m0/s1. The predicted octanol–water partition coefficient (Wildman–Crippen LogP) is 6.01. The Balaban J connectivity index is 1.32. The maximum Gasteiger partial charge on any atom is 0.131 e. The summed E-state index contributed by atoms with van der Waals surface area (Å²) in [7, 11) is 0. The van der Waals surface area contributed by atoms with E-state index >= 15 is 0 Å². The Morgan fingerprint density at radius 2 is 1.84 bits per heavy atom. The molecule has 0 spiro atoms. The van der Waals surface area contributed by atoms with E-state index in [0.29, 0.717) is 18.6 Å². The van der Waals surface area contributed by atoms with Gasteiger partial charge in [-0.2, -0.15) is 0 Å². The fourth-order valence-corrected chi connectivity index (χ4v) is 4.82. The van der Waals surface area contributed by atoms with Gasteiger partial charge < -0.3 is 9.47 Å². The first-order chi connectivity index (χ1) is 15.1. The van der Waals surface area contributed by atoms with Gasteiger partial charge in [0.1, 0.15) is 24.2 Å². The van der Waals surface area contributed by atoms with Gasteiger partial charge in [-0.15, -0.1) is 0 Å². The molecule has 2 aromatic carbocycles. The van der Waals surface area contributed by atoms with Crippen molar-refractivity contribution in [3.8, 4) is 22.6 Å². The normalized spacial score (nSPS) is 18.1. The van der Waals surface area contributed by atoms with Crippen LogP contribution in [0.2, 0.25) is 0 Å². The van der Waals surface area contributed by atoms with Crippen molar-refractivity contribution in [2.24, 2.45) is 5.92 Å². The molecule has 2 aliphatic rings. The lowest BCUT2D eigenvalue weighted by molar-refractivity contribution is 0.116. The monoisotopic (exact) mass is 414 g/mol. The van der Waals surface area contributed by atoms with Crippen LogP contribution in [0.15, 0.2) is 60.9 Å². The van der Waals surface area contributed by atoms with Gasteiger partial charge in [0.25, 0.3) is 0 Å². The van der Waals surface area contributed by atoms with Crippen molar-refractivity contribution in [3.05, 3.63) is 77.6 Å². The first-order valence-electron chi connectivity index (χ1n) is 11.3. The van der Waals surface area contributed by atoms with Crippen LogP contribution in [-0.2, 0) is 13.1 Å². The van der Waals surface area contributed by atoms with Crippen LogP contribution in [0.1, 0.15) is 50.0 Å². The van der Waals surface area contributed by atoms with Gasteiger partial charge in [0, 0.05) is 48.7 Å². The zero-order chi connectivity index (χ0) is 21.4. The van der Waals surface area contributed by atoms with Crippen LogP contribution in [0.5, 0.6) is 11.5 Å². The average Bonchev–Trinajstić information content (AvgIpc) is 3.20. The third-order valence-corrected chi connectivity index (χ3v) is 6.40. The summed E-state index contributed by atoms with van der Waals surface area (Å²) < 4.78 is 12.5. The van der Waals surface area contributed by atoms with Crippen LogP contribution in [0, 0.1) is 5.92 Å². The second-order valence-corrected chi connectivity index (χ2v) is 9.15. The van der Waals surface area contributed by atoms with Crippen LogP contribution in [0.3, 0.4) is 0 Å². The van der Waals surface area contributed by atoms with Crippen molar-refractivity contribution in [2.75, 3.05) is 6.61 Å². The highest BCUT2D eigenvalue weighted by molar-refractivity contribution is 5.76. The van der Waals surface area contributed by atoms with Crippen molar-refractivity contribution in [1.29, 1.82) is 0 Å². The Labute approximate surface area is 184 Å². The van der Waals surface area contributed by atoms with E-state index in [1.165, 1.54) is 16.7 Å². The van der Waals surface area contributed by atoms with Gasteiger partial charge in [-0.1, -0.05) is 38.1 Å². The quantitative estimate of drug-likeness (QED) is 0.495. The lowest BCUT2D eigenvalue weighted by Crippen LogP contribution is -2.37. The fourth-order valence-electron chi connectivity index (χ4n) is 4.82. The SMILES string of the molecule is CC(C)C[C@@H](COc1ccc2c(c1)OC(C)c1cnccc1-2)N1Cc2ccccc2C1. The largest absolute Gasteiger partial charge is 0.492 e. The van der Waals surface area contributed by atoms with Crippen LogP contribution < -0.4 is 9.47 Å². The summed E-state index contributed by atoms with van der Waals surface area (Å²) in [5, 5.41) is 0. The number of hydrogen-bond donors (Lipinski definition) is 0. The maximum atomic E-state index is 6.34. The number of pyridine rings is 1. The van der Waals surface area contributed by atoms with Crippen LogP contribution >= 0.6 is 0 Å². The van der Waals surface area contributed by atoms with Gasteiger partial charge in [-0.05, 0) is 54.2 Å². The molecule has 3 heterocycles. The van der Waals surface area contributed by atoms with Gasteiger partial charge in [0.05, 0.1) is 0 Å². The van der Waals surface area contributed by atoms with E-state index in [2.05, 4.69) is 73.1 Å². The first kappa shape index (κ1) is 20.1. The van der Waals surface area contributed by atoms with Crippen molar-refractivity contribution in [3.63, 3.8) is 0 Å². The predicted molar refractivity (Wildman–Crippen MR) is 123 cm³/mol. The highest BCUT2D eigenvalue weighted by Gasteiger charge is 2.27. The molecule has 3 aromatic rings. The summed E-state index contributed by atoms with van der Waals surface area (Å²) in [5.74, 6) is 2.38. The zero-order valence-electron chi connectivity index (χ0n) is 18.5. The Hall–Kier alpha value is -2.85. The van der Waals surface area contributed by atoms with Crippen molar-refractivity contribution >= 4 is 0 Å². The molecule has 0 aliphatic carbocycles. The lowest BCUT2D eigenvalue weighted by atomic mass is 9.95. The first-order valence-corrected chi connectivity index (χ1v) is 11.3. The van der Waals surface area contributed by atoms with Crippen LogP contribution in [0.4, 0.5) is 0 Å². The van der Waals surface area contributed by atoms with Crippen LogP contribution in [0.25, 0.3) is 11.1 Å². The molecule has 4 nitrogen and oxygen atoms in total. The molecule has 0 amide bonds. The van der Waals surface area contributed by atoms with Gasteiger partial charge in [0.2, 0.25) is 0 Å². The molecule has 0 radical (unpaired) electrons. The number of fused-ring (bicyclic) bond motifs is 4.